The first-order valence-corrected chi connectivity index (χ1v) is 13.7. The molecule has 1 aliphatic carbocycles. The van der Waals surface area contributed by atoms with E-state index in [1.807, 2.05) is 0 Å². The lowest BCUT2D eigenvalue weighted by atomic mass is 9.84. The molecule has 2 atom stereocenters. The Labute approximate surface area is 237 Å². The summed E-state index contributed by atoms with van der Waals surface area (Å²) in [6, 6.07) is 10.3. The molecule has 0 bridgehead atoms. The summed E-state index contributed by atoms with van der Waals surface area (Å²) < 4.78 is 13.7. The molecule has 1 heterocycles. The number of benzene rings is 2. The third kappa shape index (κ3) is 6.41. The highest BCUT2D eigenvalue weighted by Gasteiger charge is 2.43. The van der Waals surface area contributed by atoms with Gasteiger partial charge in [-0.2, -0.15) is 0 Å². The number of carbonyl (C=O) groups is 3. The fraction of sp³-hybridized carbons (Fsp3) is 0.464. The molecule has 1 saturated carbocycles. The van der Waals surface area contributed by atoms with Crippen LogP contribution in [0, 0.1) is 11.7 Å². The summed E-state index contributed by atoms with van der Waals surface area (Å²) in [6.07, 6.45) is 1.51. The van der Waals surface area contributed by atoms with Gasteiger partial charge in [0.2, 0.25) is 5.91 Å². The predicted molar refractivity (Wildman–Crippen MR) is 149 cm³/mol. The molecule has 2 fully saturated rings. The molecule has 1 saturated heterocycles. The van der Waals surface area contributed by atoms with Crippen molar-refractivity contribution in [3.63, 3.8) is 0 Å². The number of urea groups is 1. The van der Waals surface area contributed by atoms with Crippen LogP contribution >= 0.6 is 23.2 Å². The molecule has 210 valence electrons. The van der Waals surface area contributed by atoms with Crippen molar-refractivity contribution in [1.29, 1.82) is 0 Å². The zero-order chi connectivity index (χ0) is 28.4. The van der Waals surface area contributed by atoms with Gasteiger partial charge in [0, 0.05) is 67.8 Å². The molecule has 2 aliphatic rings. The molecule has 1 aliphatic heterocycles. The van der Waals surface area contributed by atoms with Gasteiger partial charge in [-0.3, -0.25) is 9.69 Å². The van der Waals surface area contributed by atoms with Gasteiger partial charge >= 0.3 is 12.1 Å². The second-order valence-corrected chi connectivity index (χ2v) is 11.3. The van der Waals surface area contributed by atoms with E-state index >= 15 is 0 Å². The average Bonchev–Trinajstić information content (AvgIpc) is 3.36. The largest absolute Gasteiger partial charge is 0.465 e. The summed E-state index contributed by atoms with van der Waals surface area (Å²) in [4.78, 5) is 44.7. The van der Waals surface area contributed by atoms with Crippen molar-refractivity contribution in [2.24, 2.45) is 5.92 Å². The molecule has 2 aromatic rings. The van der Waals surface area contributed by atoms with E-state index < -0.39 is 6.09 Å². The van der Waals surface area contributed by atoms with Crippen LogP contribution in [0.3, 0.4) is 0 Å². The van der Waals surface area contributed by atoms with Gasteiger partial charge < -0.3 is 19.8 Å². The maximum Gasteiger partial charge on any atom is 0.407 e. The topological polar surface area (TPSA) is 84.4 Å². The first kappa shape index (κ1) is 29.0. The lowest BCUT2D eigenvalue weighted by Crippen LogP contribution is -2.48. The van der Waals surface area contributed by atoms with E-state index in [0.29, 0.717) is 54.5 Å². The second kappa shape index (κ2) is 12.0. The number of likely N-dealkylation sites (N-methyl/N-ethyl adjacent to an activating group) is 1. The Morgan fingerprint density at radius 1 is 0.897 bits per heavy atom. The van der Waals surface area contributed by atoms with Crippen LogP contribution in [0.25, 0.3) is 0 Å². The number of hydrogen-bond donors (Lipinski definition) is 1. The lowest BCUT2D eigenvalue weighted by molar-refractivity contribution is -0.136. The molecule has 4 amide bonds. The van der Waals surface area contributed by atoms with Crippen LogP contribution in [0.5, 0.6) is 0 Å². The van der Waals surface area contributed by atoms with Crippen LogP contribution in [0.2, 0.25) is 10.0 Å². The van der Waals surface area contributed by atoms with Gasteiger partial charge in [-0.1, -0.05) is 35.3 Å². The number of carboxylic acid groups (broad SMARTS) is 1. The fourth-order valence-electron chi connectivity index (χ4n) is 5.74. The third-order valence-corrected chi connectivity index (χ3v) is 8.55. The van der Waals surface area contributed by atoms with E-state index in [0.717, 1.165) is 5.56 Å². The van der Waals surface area contributed by atoms with Crippen molar-refractivity contribution >= 4 is 46.9 Å². The number of hydrogen-bond acceptors (Lipinski definition) is 3. The Hall–Kier alpha value is -3.04. The van der Waals surface area contributed by atoms with Crippen molar-refractivity contribution in [2.75, 3.05) is 39.1 Å². The number of amides is 4. The molecule has 11 heteroatoms. The van der Waals surface area contributed by atoms with Crippen molar-refractivity contribution in [3.05, 3.63) is 63.9 Å². The Morgan fingerprint density at radius 3 is 2.05 bits per heavy atom. The third-order valence-electron chi connectivity index (χ3n) is 8.11. The smallest absolute Gasteiger partial charge is 0.407 e. The summed E-state index contributed by atoms with van der Waals surface area (Å²) in [6.45, 7) is 0.733. The molecule has 1 N–H and O–H groups in total. The SMILES string of the molecule is CN(C(=O)N(C)[C@@H]1CN(C(=O)[C@H]2CC[C@H](N(C)C(=O)O)CC2)C[C@H]1c1ccc(F)cc1)c1cc(Cl)cc(Cl)c1. The Bertz CT molecular complexity index is 1200. The summed E-state index contributed by atoms with van der Waals surface area (Å²) in [5.74, 6) is -0.758. The zero-order valence-corrected chi connectivity index (χ0v) is 23.7. The van der Waals surface area contributed by atoms with Crippen molar-refractivity contribution < 1.29 is 23.9 Å². The van der Waals surface area contributed by atoms with Crippen LogP contribution in [-0.2, 0) is 4.79 Å². The molecule has 39 heavy (non-hydrogen) atoms. The molecule has 0 aromatic heterocycles. The van der Waals surface area contributed by atoms with Crippen LogP contribution in [0.4, 0.5) is 19.7 Å². The van der Waals surface area contributed by atoms with E-state index in [1.165, 1.54) is 21.9 Å². The summed E-state index contributed by atoms with van der Waals surface area (Å²) in [7, 11) is 4.90. The summed E-state index contributed by atoms with van der Waals surface area (Å²) >= 11 is 12.3. The number of likely N-dealkylation sites (tertiary alicyclic amines) is 1. The maximum absolute atomic E-state index is 13.7. The standard InChI is InChI=1S/C28H33Cl2FN4O4/c1-32(23-13-19(29)12-20(30)14-23)27(37)34(3)25-16-35(15-24(25)17-4-8-21(31)9-5-17)26(36)18-6-10-22(11-7-18)33(2)28(38)39/h4-5,8-9,12-14,18,22,24-25H,6-7,10-11,15-16H2,1-3H3,(H,38,39)/t18-,22-,24-,25+/m0/s1. The van der Waals surface area contributed by atoms with Gasteiger partial charge in [-0.25, -0.2) is 14.0 Å². The Balaban J connectivity index is 1.52. The van der Waals surface area contributed by atoms with Crippen LogP contribution in [0.1, 0.15) is 37.2 Å². The fourth-order valence-corrected chi connectivity index (χ4v) is 6.26. The van der Waals surface area contributed by atoms with E-state index in [9.17, 15) is 23.9 Å². The number of carbonyl (C=O) groups excluding carboxylic acids is 2. The zero-order valence-electron chi connectivity index (χ0n) is 22.2. The lowest BCUT2D eigenvalue weighted by Gasteiger charge is -2.34. The molecule has 4 rings (SSSR count). The molecular formula is C28H33Cl2FN4O4. The maximum atomic E-state index is 13.7. The minimum absolute atomic E-state index is 0.0110. The number of anilines is 1. The van der Waals surface area contributed by atoms with Gasteiger partial charge in [-0.05, 0) is 61.6 Å². The number of halogens is 3. The predicted octanol–water partition coefficient (Wildman–Crippen LogP) is 5.78. The van der Waals surface area contributed by atoms with Gasteiger partial charge in [0.15, 0.2) is 0 Å². The van der Waals surface area contributed by atoms with E-state index in [1.54, 1.807) is 61.3 Å². The molecular weight excluding hydrogens is 546 g/mol. The van der Waals surface area contributed by atoms with Crippen molar-refractivity contribution in [3.8, 4) is 0 Å². The van der Waals surface area contributed by atoms with E-state index in [-0.39, 0.29) is 41.7 Å². The van der Waals surface area contributed by atoms with Gasteiger partial charge in [0.1, 0.15) is 5.82 Å². The molecule has 0 unspecified atom stereocenters. The van der Waals surface area contributed by atoms with Crippen LogP contribution < -0.4 is 4.90 Å². The average molecular weight is 580 g/mol. The summed E-state index contributed by atoms with van der Waals surface area (Å²) in [5, 5.41) is 10.1. The first-order chi connectivity index (χ1) is 18.5. The summed E-state index contributed by atoms with van der Waals surface area (Å²) in [5.41, 5.74) is 1.38. The van der Waals surface area contributed by atoms with E-state index in [2.05, 4.69) is 0 Å². The Kier molecular flexibility index (Phi) is 8.91. The second-order valence-electron chi connectivity index (χ2n) is 10.4. The van der Waals surface area contributed by atoms with Crippen molar-refractivity contribution in [2.45, 2.75) is 43.7 Å². The highest BCUT2D eigenvalue weighted by atomic mass is 35.5. The highest BCUT2D eigenvalue weighted by Crippen LogP contribution is 2.36. The number of nitrogens with zero attached hydrogens (tertiary/aromatic N) is 4. The monoisotopic (exact) mass is 578 g/mol. The van der Waals surface area contributed by atoms with Gasteiger partial charge in [0.05, 0.1) is 6.04 Å². The minimum Gasteiger partial charge on any atom is -0.465 e. The molecule has 0 spiro atoms. The number of rotatable bonds is 5. The minimum atomic E-state index is -0.966. The van der Waals surface area contributed by atoms with Crippen molar-refractivity contribution in [1.82, 2.24) is 14.7 Å². The van der Waals surface area contributed by atoms with E-state index in [4.69, 9.17) is 23.2 Å². The normalized spacial score (nSPS) is 22.9. The van der Waals surface area contributed by atoms with Crippen LogP contribution in [-0.4, -0.2) is 84.2 Å². The molecule has 0 radical (unpaired) electrons. The Morgan fingerprint density at radius 2 is 1.49 bits per heavy atom. The molecule has 2 aromatic carbocycles. The molecule has 8 nitrogen and oxygen atoms in total. The van der Waals surface area contributed by atoms with Crippen LogP contribution in [0.15, 0.2) is 42.5 Å². The first-order valence-electron chi connectivity index (χ1n) is 12.9. The quantitative estimate of drug-likeness (QED) is 0.487. The van der Waals surface area contributed by atoms with Gasteiger partial charge in [-0.15, -0.1) is 0 Å². The van der Waals surface area contributed by atoms with Gasteiger partial charge in [0.25, 0.3) is 0 Å². The highest BCUT2D eigenvalue weighted by molar-refractivity contribution is 6.35.